The fourth-order valence-electron chi connectivity index (χ4n) is 1.30. The lowest BCUT2D eigenvalue weighted by Crippen LogP contribution is -1.98. The molecule has 0 bridgehead atoms. The summed E-state index contributed by atoms with van der Waals surface area (Å²) in [5, 5.41) is 0. The fraction of sp³-hybridized carbons (Fsp3) is 0.100. The number of allylic oxidation sites excluding steroid dienone is 2. The van der Waals surface area contributed by atoms with Gasteiger partial charge in [-0.2, -0.15) is 0 Å². The predicted octanol–water partition coefficient (Wildman–Crippen LogP) is 2.49. The molecule has 55 valence electrons. The van der Waals surface area contributed by atoms with Crippen molar-refractivity contribution in [3.63, 3.8) is 0 Å². The zero-order chi connectivity index (χ0) is 7.68. The van der Waals surface area contributed by atoms with Gasteiger partial charge in [-0.15, -0.1) is 0 Å². The summed E-state index contributed by atoms with van der Waals surface area (Å²) in [4.78, 5) is 0. The van der Waals surface area contributed by atoms with E-state index in [2.05, 4.69) is 0 Å². The van der Waals surface area contributed by atoms with Crippen LogP contribution in [0.2, 0.25) is 0 Å². The van der Waals surface area contributed by atoms with Crippen LogP contribution in [0, 0.1) is 12.2 Å². The molecular weight excluding hydrogens is 139 g/mol. The smallest absolute Gasteiger partial charge is 0.127 e. The van der Waals surface area contributed by atoms with E-state index in [0.29, 0.717) is 0 Å². The first-order valence-corrected chi connectivity index (χ1v) is 3.65. The Kier molecular flexibility index (Phi) is 1.50. The van der Waals surface area contributed by atoms with Crippen molar-refractivity contribution in [1.29, 1.82) is 0 Å². The fourth-order valence-corrected chi connectivity index (χ4v) is 1.30. The first kappa shape index (κ1) is 6.59. The molecule has 1 aliphatic rings. The summed E-state index contributed by atoms with van der Waals surface area (Å²) >= 11 is 0. The lowest BCUT2D eigenvalue weighted by Gasteiger charge is -2.09. The molecule has 2 rings (SSSR count). The van der Waals surface area contributed by atoms with E-state index < -0.39 is 0 Å². The monoisotopic (exact) mass is 147 g/mol. The van der Waals surface area contributed by atoms with E-state index in [9.17, 15) is 4.39 Å². The highest BCUT2D eigenvalue weighted by atomic mass is 19.1. The van der Waals surface area contributed by atoms with Crippen LogP contribution in [0.25, 0.3) is 0 Å². The molecule has 1 aromatic carbocycles. The van der Waals surface area contributed by atoms with Crippen LogP contribution < -0.4 is 0 Å². The minimum atomic E-state index is -0.0944. The van der Waals surface area contributed by atoms with Gasteiger partial charge in [-0.1, -0.05) is 24.3 Å². The minimum absolute atomic E-state index is 0.0944. The van der Waals surface area contributed by atoms with Crippen LogP contribution in [0.5, 0.6) is 0 Å². The molecular formula is C10H8F. The molecule has 1 aromatic rings. The molecule has 0 aliphatic heterocycles. The van der Waals surface area contributed by atoms with Crippen LogP contribution >= 0.6 is 0 Å². The van der Waals surface area contributed by atoms with Gasteiger partial charge in [-0.05, 0) is 23.6 Å². The Morgan fingerprint density at radius 3 is 3.00 bits per heavy atom. The van der Waals surface area contributed by atoms with Crippen LogP contribution in [0.1, 0.15) is 11.1 Å². The summed E-state index contributed by atoms with van der Waals surface area (Å²) in [5.74, 6) is -0.0944. The molecule has 0 saturated carbocycles. The van der Waals surface area contributed by atoms with Gasteiger partial charge in [-0.25, -0.2) is 4.39 Å². The maximum Gasteiger partial charge on any atom is 0.127 e. The molecule has 0 amide bonds. The van der Waals surface area contributed by atoms with Crippen LogP contribution in [0.4, 0.5) is 4.39 Å². The van der Waals surface area contributed by atoms with E-state index in [1.807, 2.05) is 24.6 Å². The molecule has 11 heavy (non-hydrogen) atoms. The van der Waals surface area contributed by atoms with Crippen molar-refractivity contribution >= 4 is 0 Å². The van der Waals surface area contributed by atoms with E-state index in [0.717, 1.165) is 17.5 Å². The molecule has 1 radical (unpaired) electrons. The number of hydrogen-bond donors (Lipinski definition) is 0. The molecule has 0 saturated heterocycles. The van der Waals surface area contributed by atoms with Gasteiger partial charge >= 0.3 is 0 Å². The maximum absolute atomic E-state index is 13.0. The Balaban J connectivity index is 2.54. The Labute approximate surface area is 65.4 Å². The molecule has 1 heteroatoms. The second kappa shape index (κ2) is 2.50. The lowest BCUT2D eigenvalue weighted by molar-refractivity contribution is 0.613. The van der Waals surface area contributed by atoms with Gasteiger partial charge in [0.05, 0.1) is 0 Å². The Morgan fingerprint density at radius 1 is 1.27 bits per heavy atom. The van der Waals surface area contributed by atoms with Gasteiger partial charge in [0.1, 0.15) is 5.82 Å². The number of benzene rings is 1. The summed E-state index contributed by atoms with van der Waals surface area (Å²) in [7, 11) is 0. The zero-order valence-electron chi connectivity index (χ0n) is 6.05. The Morgan fingerprint density at radius 2 is 2.18 bits per heavy atom. The summed E-state index contributed by atoms with van der Waals surface area (Å²) in [6.45, 7) is 0. The van der Waals surface area contributed by atoms with Crippen LogP contribution in [-0.2, 0) is 6.42 Å². The molecule has 1 aliphatic carbocycles. The number of hydrogen-bond acceptors (Lipinski definition) is 0. The SMILES string of the molecule is Fc1cccc2c1CC=C[CH]2. The van der Waals surface area contributed by atoms with Crippen LogP contribution in [-0.4, -0.2) is 0 Å². The van der Waals surface area contributed by atoms with E-state index in [1.165, 1.54) is 6.07 Å². The topological polar surface area (TPSA) is 0 Å². The quantitative estimate of drug-likeness (QED) is 0.529. The molecule has 0 atom stereocenters. The predicted molar refractivity (Wildman–Crippen MR) is 42.6 cm³/mol. The van der Waals surface area contributed by atoms with Crippen molar-refractivity contribution in [2.75, 3.05) is 0 Å². The highest BCUT2D eigenvalue weighted by Gasteiger charge is 2.08. The molecule has 0 aromatic heterocycles. The number of fused-ring (bicyclic) bond motifs is 1. The second-order valence-corrected chi connectivity index (χ2v) is 2.61. The molecule has 0 N–H and O–H groups in total. The van der Waals surface area contributed by atoms with E-state index in [1.54, 1.807) is 6.07 Å². The van der Waals surface area contributed by atoms with Crippen molar-refractivity contribution in [2.24, 2.45) is 0 Å². The number of halogens is 1. The Hall–Kier alpha value is -1.11. The second-order valence-electron chi connectivity index (χ2n) is 2.61. The minimum Gasteiger partial charge on any atom is -0.207 e. The standard InChI is InChI=1S/C10H8F/c11-10-7-3-5-8-4-1-2-6-9(8)10/h1-5,7H,6H2. The average molecular weight is 147 g/mol. The first-order valence-electron chi connectivity index (χ1n) is 3.65. The largest absolute Gasteiger partial charge is 0.207 e. The van der Waals surface area contributed by atoms with Crippen molar-refractivity contribution in [2.45, 2.75) is 6.42 Å². The van der Waals surface area contributed by atoms with E-state index in [4.69, 9.17) is 0 Å². The summed E-state index contributed by atoms with van der Waals surface area (Å²) in [5.41, 5.74) is 1.82. The molecule has 0 fully saturated rings. The van der Waals surface area contributed by atoms with Crippen molar-refractivity contribution in [3.05, 3.63) is 53.7 Å². The molecule has 0 spiro atoms. The van der Waals surface area contributed by atoms with Crippen molar-refractivity contribution in [1.82, 2.24) is 0 Å². The van der Waals surface area contributed by atoms with Crippen molar-refractivity contribution in [3.8, 4) is 0 Å². The third-order valence-corrected chi connectivity index (χ3v) is 1.89. The first-order chi connectivity index (χ1) is 5.38. The highest BCUT2D eigenvalue weighted by Crippen LogP contribution is 2.20. The van der Waals surface area contributed by atoms with Gasteiger partial charge in [-0.3, -0.25) is 0 Å². The van der Waals surface area contributed by atoms with E-state index in [-0.39, 0.29) is 5.82 Å². The van der Waals surface area contributed by atoms with E-state index >= 15 is 0 Å². The van der Waals surface area contributed by atoms with Crippen LogP contribution in [0.3, 0.4) is 0 Å². The normalized spacial score (nSPS) is 14.6. The molecule has 0 nitrogen and oxygen atoms in total. The van der Waals surface area contributed by atoms with Gasteiger partial charge in [0, 0.05) is 6.42 Å². The summed E-state index contributed by atoms with van der Waals surface area (Å²) in [6.07, 6.45) is 6.58. The third kappa shape index (κ3) is 1.07. The van der Waals surface area contributed by atoms with Gasteiger partial charge < -0.3 is 0 Å². The molecule has 0 unspecified atom stereocenters. The summed E-state index contributed by atoms with van der Waals surface area (Å²) < 4.78 is 13.0. The third-order valence-electron chi connectivity index (χ3n) is 1.89. The number of rotatable bonds is 0. The van der Waals surface area contributed by atoms with Crippen LogP contribution in [0.15, 0.2) is 30.4 Å². The molecule has 0 heterocycles. The Bertz CT molecular complexity index is 300. The highest BCUT2D eigenvalue weighted by molar-refractivity contribution is 5.41. The maximum atomic E-state index is 13.0. The zero-order valence-corrected chi connectivity index (χ0v) is 6.05. The average Bonchev–Trinajstić information content (AvgIpc) is 2.06. The van der Waals surface area contributed by atoms with Gasteiger partial charge in [0.15, 0.2) is 0 Å². The summed E-state index contributed by atoms with van der Waals surface area (Å²) in [6, 6.07) is 5.18. The lowest BCUT2D eigenvalue weighted by atomic mass is 9.97. The van der Waals surface area contributed by atoms with Gasteiger partial charge in [0.2, 0.25) is 0 Å². The van der Waals surface area contributed by atoms with Gasteiger partial charge in [0.25, 0.3) is 0 Å². The van der Waals surface area contributed by atoms with Crippen molar-refractivity contribution < 1.29 is 4.39 Å².